The van der Waals surface area contributed by atoms with Gasteiger partial charge in [0.25, 0.3) is 0 Å². The average molecular weight is 383 g/mol. The topological polar surface area (TPSA) is 0 Å². The Morgan fingerprint density at radius 1 is 0.630 bits per heavy atom. The second-order valence-electron chi connectivity index (χ2n) is 14.2. The molecule has 7 aliphatic rings. The zero-order valence-electron chi connectivity index (χ0n) is 19.8. The summed E-state index contributed by atoms with van der Waals surface area (Å²) in [7, 11) is -1.34. The average Bonchev–Trinajstić information content (AvgIpc) is 2.81. The van der Waals surface area contributed by atoms with Crippen molar-refractivity contribution in [2.75, 3.05) is 0 Å². The van der Waals surface area contributed by atoms with Crippen molar-refractivity contribution in [2.45, 2.75) is 93.4 Å². The molecule has 0 unspecified atom stereocenters. The minimum atomic E-state index is -1.34. The molecule has 0 N–H and O–H groups in total. The molecule has 150 valence electrons. The van der Waals surface area contributed by atoms with Crippen molar-refractivity contribution in [3.63, 3.8) is 0 Å². The molecule has 0 spiro atoms. The predicted octanol–water partition coefficient (Wildman–Crippen LogP) is 7.71. The molecule has 0 aromatic carbocycles. The fourth-order valence-corrected chi connectivity index (χ4v) is 12.1. The van der Waals surface area contributed by atoms with E-state index in [9.17, 15) is 0 Å². The van der Waals surface area contributed by atoms with Gasteiger partial charge in [0.2, 0.25) is 0 Å². The highest BCUT2D eigenvalue weighted by Crippen LogP contribution is 2.81. The number of hydrogen-bond donors (Lipinski definition) is 0. The molecule has 0 nitrogen and oxygen atoms in total. The number of hydrogen-bond acceptors (Lipinski definition) is 0. The quantitative estimate of drug-likeness (QED) is 0.407. The molecule has 0 aliphatic heterocycles. The Morgan fingerprint density at radius 2 is 0.963 bits per heavy atom. The van der Waals surface area contributed by atoms with Gasteiger partial charge < -0.3 is 0 Å². The van der Waals surface area contributed by atoms with E-state index in [0.29, 0.717) is 21.7 Å². The van der Waals surface area contributed by atoms with Crippen molar-refractivity contribution in [3.8, 4) is 0 Å². The third kappa shape index (κ3) is 1.79. The predicted molar refractivity (Wildman–Crippen MR) is 119 cm³/mol. The molecule has 0 aromatic rings. The summed E-state index contributed by atoms with van der Waals surface area (Å²) in [5.41, 5.74) is 10.2. The zero-order chi connectivity index (χ0) is 20.1. The first kappa shape index (κ1) is 18.7. The molecule has 0 heterocycles. The van der Waals surface area contributed by atoms with Crippen LogP contribution in [0.1, 0.15) is 68.2 Å². The number of allylic oxidation sites excluding steroid dienone is 4. The van der Waals surface area contributed by atoms with E-state index in [1.54, 1.807) is 0 Å². The van der Waals surface area contributed by atoms with Crippen LogP contribution in [0.3, 0.4) is 0 Å². The Kier molecular flexibility index (Phi) is 3.15. The van der Waals surface area contributed by atoms with E-state index < -0.39 is 8.07 Å². The van der Waals surface area contributed by atoms with E-state index >= 15 is 0 Å². The highest BCUT2D eigenvalue weighted by Gasteiger charge is 2.71. The van der Waals surface area contributed by atoms with Crippen LogP contribution in [0.5, 0.6) is 0 Å². The van der Waals surface area contributed by atoms with Crippen LogP contribution >= 0.6 is 0 Å². The summed E-state index contributed by atoms with van der Waals surface area (Å²) in [4.78, 5) is 0. The van der Waals surface area contributed by atoms with Crippen LogP contribution in [0.25, 0.3) is 0 Å². The standard InChI is InChI=1S/C26H42Si/c1-23(2)14-12-16(23)25(5,6)20-18(14)22(27(9,10)11)19-15-13-17(24(15,3)4)26(7,8)21(19)20/h14-17,22H,12-13H2,1-11H3/t14-,15-,16+,17+/m1/s1. The van der Waals surface area contributed by atoms with Gasteiger partial charge in [0, 0.05) is 0 Å². The van der Waals surface area contributed by atoms with Crippen LogP contribution in [-0.2, 0) is 0 Å². The van der Waals surface area contributed by atoms with E-state index in [-0.39, 0.29) is 0 Å². The highest BCUT2D eigenvalue weighted by atomic mass is 28.3. The molecule has 27 heavy (non-hydrogen) atoms. The molecule has 1 heteroatoms. The van der Waals surface area contributed by atoms with E-state index in [1.165, 1.54) is 12.8 Å². The lowest BCUT2D eigenvalue weighted by atomic mass is 9.37. The lowest BCUT2D eigenvalue weighted by molar-refractivity contribution is -0.0861. The van der Waals surface area contributed by atoms with E-state index in [4.69, 9.17) is 0 Å². The van der Waals surface area contributed by atoms with Crippen molar-refractivity contribution in [1.29, 1.82) is 0 Å². The van der Waals surface area contributed by atoms with Gasteiger partial charge in [-0.1, -0.05) is 86.2 Å². The molecule has 4 atom stereocenters. The van der Waals surface area contributed by atoms with Gasteiger partial charge in [-0.15, -0.1) is 0 Å². The summed E-state index contributed by atoms with van der Waals surface area (Å²) >= 11 is 0. The maximum absolute atomic E-state index is 2.66. The Labute approximate surface area is 169 Å². The molecule has 0 radical (unpaired) electrons. The van der Waals surface area contributed by atoms with Crippen LogP contribution in [0.4, 0.5) is 0 Å². The third-order valence-corrected chi connectivity index (χ3v) is 13.0. The summed E-state index contributed by atoms with van der Waals surface area (Å²) in [5, 5.41) is 0. The second kappa shape index (κ2) is 4.55. The SMILES string of the molecule is CC1(C)C2=C(C([Si](C)(C)C)C3=C2C(C)(C)[C@H]2C[C@H]3C2(C)C)[C@H]2C[C@H]1C2(C)C. The fourth-order valence-electron chi connectivity index (χ4n) is 9.52. The van der Waals surface area contributed by atoms with Gasteiger partial charge in [0.15, 0.2) is 0 Å². The largest absolute Gasteiger partial charge is 0.0688 e. The Morgan fingerprint density at radius 3 is 1.22 bits per heavy atom. The van der Waals surface area contributed by atoms with Gasteiger partial charge in [-0.2, -0.15) is 0 Å². The van der Waals surface area contributed by atoms with Crippen LogP contribution in [0.2, 0.25) is 25.2 Å². The highest BCUT2D eigenvalue weighted by molar-refractivity contribution is 6.79. The Hall–Kier alpha value is -0.303. The third-order valence-electron chi connectivity index (χ3n) is 10.6. The smallest absolute Gasteiger partial charge is 0.0565 e. The molecule has 2 fully saturated rings. The van der Waals surface area contributed by atoms with Crippen LogP contribution in [-0.4, -0.2) is 8.07 Å². The first-order valence-corrected chi connectivity index (χ1v) is 15.1. The summed E-state index contributed by atoms with van der Waals surface area (Å²) in [5.74, 6) is 3.43. The molecule has 0 amide bonds. The van der Waals surface area contributed by atoms with Gasteiger partial charge >= 0.3 is 0 Å². The zero-order valence-corrected chi connectivity index (χ0v) is 20.8. The normalized spacial score (nSPS) is 42.3. The van der Waals surface area contributed by atoms with Crippen molar-refractivity contribution < 1.29 is 0 Å². The molecule has 7 aliphatic carbocycles. The van der Waals surface area contributed by atoms with E-state index in [0.717, 1.165) is 29.2 Å². The van der Waals surface area contributed by atoms with Crippen LogP contribution < -0.4 is 0 Å². The number of rotatable bonds is 1. The maximum atomic E-state index is 2.66. The fraction of sp³-hybridized carbons (Fsp3) is 0.846. The van der Waals surface area contributed by atoms with E-state index in [2.05, 4.69) is 75.0 Å². The van der Waals surface area contributed by atoms with Crippen molar-refractivity contribution in [2.24, 2.45) is 45.3 Å². The van der Waals surface area contributed by atoms with Gasteiger partial charge in [-0.05, 0) is 74.9 Å². The summed E-state index contributed by atoms with van der Waals surface area (Å²) in [6, 6.07) is 0. The Balaban J connectivity index is 1.82. The van der Waals surface area contributed by atoms with E-state index in [1.807, 2.05) is 22.3 Å². The summed E-state index contributed by atoms with van der Waals surface area (Å²) in [6.07, 6.45) is 2.91. The first-order valence-electron chi connectivity index (χ1n) is 11.6. The summed E-state index contributed by atoms with van der Waals surface area (Å²) in [6.45, 7) is 28.8. The minimum absolute atomic E-state index is 0.355. The molecule has 4 bridgehead atoms. The lowest BCUT2D eigenvalue weighted by Gasteiger charge is -2.67. The first-order chi connectivity index (χ1) is 12.1. The molecule has 2 saturated carbocycles. The molecule has 0 saturated heterocycles. The van der Waals surface area contributed by atoms with Gasteiger partial charge in [0.05, 0.1) is 8.07 Å². The monoisotopic (exact) mass is 382 g/mol. The van der Waals surface area contributed by atoms with Gasteiger partial charge in [0.1, 0.15) is 0 Å². The van der Waals surface area contributed by atoms with Crippen molar-refractivity contribution in [1.82, 2.24) is 0 Å². The van der Waals surface area contributed by atoms with Crippen LogP contribution in [0, 0.1) is 45.3 Å². The molecule has 0 aromatic heterocycles. The van der Waals surface area contributed by atoms with Crippen molar-refractivity contribution >= 4 is 8.07 Å². The second-order valence-corrected chi connectivity index (χ2v) is 19.5. The van der Waals surface area contributed by atoms with Gasteiger partial charge in [-0.3, -0.25) is 0 Å². The van der Waals surface area contributed by atoms with Crippen molar-refractivity contribution in [3.05, 3.63) is 22.3 Å². The summed E-state index contributed by atoms with van der Waals surface area (Å²) < 4.78 is 0. The van der Waals surface area contributed by atoms with Gasteiger partial charge in [-0.25, -0.2) is 0 Å². The maximum Gasteiger partial charge on any atom is 0.0565 e. The lowest BCUT2D eigenvalue weighted by Crippen LogP contribution is -2.59. The molecular formula is C26H42Si. The molecular weight excluding hydrogens is 340 g/mol. The molecule has 7 rings (SSSR count). The minimum Gasteiger partial charge on any atom is -0.0688 e. The Bertz CT molecular complexity index is 746. The van der Waals surface area contributed by atoms with Crippen LogP contribution in [0.15, 0.2) is 22.3 Å².